The molecule has 2 rings (SSSR count). The topological polar surface area (TPSA) is 50.3 Å². The van der Waals surface area contributed by atoms with Crippen molar-refractivity contribution in [3.63, 3.8) is 0 Å². The first-order valence-corrected chi connectivity index (χ1v) is 6.32. The number of rotatable bonds is 2. The third-order valence-corrected chi connectivity index (χ3v) is 3.65. The molecule has 0 N–H and O–H groups in total. The van der Waals surface area contributed by atoms with Crippen LogP contribution < -0.4 is 0 Å². The smallest absolute Gasteiger partial charge is 0.262 e. The Labute approximate surface area is 111 Å². The van der Waals surface area contributed by atoms with Crippen molar-refractivity contribution in [2.75, 3.05) is 6.54 Å². The van der Waals surface area contributed by atoms with Gasteiger partial charge in [0.25, 0.3) is 5.91 Å². The molecule has 1 aliphatic heterocycles. The fourth-order valence-corrected chi connectivity index (χ4v) is 2.27. The maximum Gasteiger partial charge on any atom is 0.262 e. The average Bonchev–Trinajstić information content (AvgIpc) is 2.71. The average molecular weight is 267 g/mol. The summed E-state index contributed by atoms with van der Waals surface area (Å²) in [5.41, 5.74) is 0.337. The number of pyridine rings is 1. The zero-order chi connectivity index (χ0) is 13.3. The van der Waals surface area contributed by atoms with E-state index in [1.54, 1.807) is 6.07 Å². The lowest BCUT2D eigenvalue weighted by Gasteiger charge is -2.16. The highest BCUT2D eigenvalue weighted by atomic mass is 35.5. The third-order valence-electron chi connectivity index (χ3n) is 3.35. The van der Waals surface area contributed by atoms with Crippen LogP contribution in [-0.4, -0.2) is 28.2 Å². The lowest BCUT2D eigenvalue weighted by Crippen LogP contribution is -2.33. The molecule has 0 saturated carbocycles. The summed E-state index contributed by atoms with van der Waals surface area (Å²) < 4.78 is 0. The van der Waals surface area contributed by atoms with Gasteiger partial charge in [0.1, 0.15) is 0 Å². The molecule has 1 aromatic rings. The second-order valence-electron chi connectivity index (χ2n) is 4.87. The van der Waals surface area contributed by atoms with Gasteiger partial charge in [-0.25, -0.2) is 0 Å². The summed E-state index contributed by atoms with van der Waals surface area (Å²) in [6.45, 7) is 4.60. The molecule has 1 atom stereocenters. The predicted octanol–water partition coefficient (Wildman–Crippen LogP) is 2.38. The van der Waals surface area contributed by atoms with Crippen molar-refractivity contribution in [3.8, 4) is 0 Å². The Morgan fingerprint density at radius 1 is 1.56 bits per heavy atom. The van der Waals surface area contributed by atoms with E-state index < -0.39 is 0 Å². The highest BCUT2D eigenvalue weighted by Crippen LogP contribution is 2.27. The molecule has 2 heterocycles. The summed E-state index contributed by atoms with van der Waals surface area (Å²) >= 11 is 5.92. The molecule has 1 fully saturated rings. The van der Waals surface area contributed by atoms with Gasteiger partial charge in [-0.3, -0.25) is 19.5 Å². The molecule has 0 aromatic carbocycles. The molecule has 0 spiro atoms. The Balaban J connectivity index is 2.21. The lowest BCUT2D eigenvalue weighted by atomic mass is 9.95. The standard InChI is InChI=1S/C13H15ClN2O2/c1-8(2)9-5-12(17)16(7-9)13(18)10-3-4-15-6-11(10)14/h3-4,6,8-9H,5,7H2,1-2H3. The van der Waals surface area contributed by atoms with Gasteiger partial charge in [0.05, 0.1) is 10.6 Å². The van der Waals surface area contributed by atoms with E-state index >= 15 is 0 Å². The fourth-order valence-electron chi connectivity index (χ4n) is 2.07. The molecule has 96 valence electrons. The van der Waals surface area contributed by atoms with Crippen LogP contribution in [0.1, 0.15) is 30.6 Å². The van der Waals surface area contributed by atoms with E-state index in [1.807, 2.05) is 0 Å². The summed E-state index contributed by atoms with van der Waals surface area (Å²) in [6.07, 6.45) is 3.35. The number of hydrogen-bond acceptors (Lipinski definition) is 3. The van der Waals surface area contributed by atoms with Gasteiger partial charge in [0, 0.05) is 25.4 Å². The van der Waals surface area contributed by atoms with Crippen molar-refractivity contribution in [1.29, 1.82) is 0 Å². The molecule has 5 heteroatoms. The van der Waals surface area contributed by atoms with E-state index in [2.05, 4.69) is 18.8 Å². The fraction of sp³-hybridized carbons (Fsp3) is 0.462. The van der Waals surface area contributed by atoms with E-state index in [0.717, 1.165) is 0 Å². The monoisotopic (exact) mass is 266 g/mol. The Kier molecular flexibility index (Phi) is 3.66. The van der Waals surface area contributed by atoms with Crippen molar-refractivity contribution in [2.45, 2.75) is 20.3 Å². The molecule has 1 saturated heterocycles. The van der Waals surface area contributed by atoms with E-state index in [0.29, 0.717) is 24.4 Å². The molecule has 0 radical (unpaired) electrons. The van der Waals surface area contributed by atoms with Gasteiger partial charge < -0.3 is 0 Å². The van der Waals surface area contributed by atoms with Crippen molar-refractivity contribution < 1.29 is 9.59 Å². The van der Waals surface area contributed by atoms with Gasteiger partial charge in [0.2, 0.25) is 5.91 Å². The minimum atomic E-state index is -0.324. The zero-order valence-electron chi connectivity index (χ0n) is 10.4. The molecule has 2 amide bonds. The number of hydrogen-bond donors (Lipinski definition) is 0. The van der Waals surface area contributed by atoms with Gasteiger partial charge >= 0.3 is 0 Å². The van der Waals surface area contributed by atoms with Gasteiger partial charge in [0.15, 0.2) is 0 Å². The van der Waals surface area contributed by atoms with Crippen molar-refractivity contribution in [2.24, 2.45) is 11.8 Å². The largest absolute Gasteiger partial charge is 0.278 e. The first-order chi connectivity index (χ1) is 8.50. The van der Waals surface area contributed by atoms with Crippen LogP contribution in [0.2, 0.25) is 5.02 Å². The maximum atomic E-state index is 12.2. The van der Waals surface area contributed by atoms with Gasteiger partial charge in [-0.2, -0.15) is 0 Å². The Hall–Kier alpha value is -1.42. The van der Waals surface area contributed by atoms with Crippen LogP contribution in [0.15, 0.2) is 18.5 Å². The molecule has 1 aliphatic rings. The Morgan fingerprint density at radius 2 is 2.28 bits per heavy atom. The summed E-state index contributed by atoms with van der Waals surface area (Å²) in [5, 5.41) is 0.281. The number of carbonyl (C=O) groups is 2. The van der Waals surface area contributed by atoms with Crippen molar-refractivity contribution >= 4 is 23.4 Å². The minimum absolute atomic E-state index is 0.119. The van der Waals surface area contributed by atoms with E-state index in [1.165, 1.54) is 17.3 Å². The number of amides is 2. The van der Waals surface area contributed by atoms with Crippen LogP contribution in [0.3, 0.4) is 0 Å². The molecule has 18 heavy (non-hydrogen) atoms. The molecule has 4 nitrogen and oxygen atoms in total. The normalized spacial score (nSPS) is 19.7. The summed E-state index contributed by atoms with van der Waals surface area (Å²) in [5.74, 6) is 0.184. The predicted molar refractivity (Wildman–Crippen MR) is 68.2 cm³/mol. The maximum absolute atomic E-state index is 12.2. The van der Waals surface area contributed by atoms with Crippen LogP contribution >= 0.6 is 11.6 Å². The molecular formula is C13H15ClN2O2. The Bertz CT molecular complexity index is 488. The third kappa shape index (κ3) is 2.38. The second-order valence-corrected chi connectivity index (χ2v) is 5.28. The Morgan fingerprint density at radius 3 is 2.83 bits per heavy atom. The number of likely N-dealkylation sites (tertiary alicyclic amines) is 1. The van der Waals surface area contributed by atoms with Crippen LogP contribution in [0.5, 0.6) is 0 Å². The molecular weight excluding hydrogens is 252 g/mol. The second kappa shape index (κ2) is 5.06. The van der Waals surface area contributed by atoms with Crippen LogP contribution in [-0.2, 0) is 4.79 Å². The zero-order valence-corrected chi connectivity index (χ0v) is 11.1. The highest BCUT2D eigenvalue weighted by Gasteiger charge is 2.36. The molecule has 1 unspecified atom stereocenters. The quantitative estimate of drug-likeness (QED) is 0.772. The number of imide groups is 1. The number of halogens is 1. The molecule has 1 aromatic heterocycles. The van der Waals surface area contributed by atoms with Crippen LogP contribution in [0, 0.1) is 11.8 Å². The van der Waals surface area contributed by atoms with Crippen molar-refractivity contribution in [1.82, 2.24) is 9.88 Å². The van der Waals surface area contributed by atoms with Crippen molar-refractivity contribution in [3.05, 3.63) is 29.0 Å². The summed E-state index contributed by atoms with van der Waals surface area (Å²) in [6, 6.07) is 1.54. The first-order valence-electron chi connectivity index (χ1n) is 5.95. The molecule has 0 aliphatic carbocycles. The van der Waals surface area contributed by atoms with Gasteiger partial charge in [-0.05, 0) is 17.9 Å². The van der Waals surface area contributed by atoms with E-state index in [-0.39, 0.29) is 22.8 Å². The number of carbonyl (C=O) groups excluding carboxylic acids is 2. The summed E-state index contributed by atoms with van der Waals surface area (Å²) in [4.78, 5) is 29.2. The lowest BCUT2D eigenvalue weighted by molar-refractivity contribution is -0.125. The van der Waals surface area contributed by atoms with Crippen LogP contribution in [0.25, 0.3) is 0 Å². The SMILES string of the molecule is CC(C)C1CC(=O)N(C(=O)c2ccncc2Cl)C1. The van der Waals surface area contributed by atoms with Gasteiger partial charge in [-0.15, -0.1) is 0 Å². The number of aromatic nitrogens is 1. The molecule has 0 bridgehead atoms. The first kappa shape index (κ1) is 13.0. The van der Waals surface area contributed by atoms with Crippen LogP contribution in [0.4, 0.5) is 0 Å². The summed E-state index contributed by atoms with van der Waals surface area (Å²) in [7, 11) is 0. The minimum Gasteiger partial charge on any atom is -0.278 e. The highest BCUT2D eigenvalue weighted by molar-refractivity contribution is 6.34. The number of nitrogens with zero attached hydrogens (tertiary/aromatic N) is 2. The van der Waals surface area contributed by atoms with E-state index in [4.69, 9.17) is 11.6 Å². The van der Waals surface area contributed by atoms with E-state index in [9.17, 15) is 9.59 Å². The van der Waals surface area contributed by atoms with Gasteiger partial charge in [-0.1, -0.05) is 25.4 Å².